The molecule has 4 aromatic rings. The molecule has 20 heavy (non-hydrogen) atoms. The van der Waals surface area contributed by atoms with Crippen LogP contribution in [0.2, 0.25) is 0 Å². The van der Waals surface area contributed by atoms with Crippen LogP contribution in [0.15, 0.2) is 45.3 Å². The number of anilines is 1. The molecule has 4 rings (SSSR count). The lowest BCUT2D eigenvalue weighted by Crippen LogP contribution is -1.82. The largest absolute Gasteiger partial charge is 0.399 e. The molecule has 0 fully saturated rings. The van der Waals surface area contributed by atoms with Crippen LogP contribution in [0.5, 0.6) is 0 Å². The van der Waals surface area contributed by atoms with E-state index in [1.54, 1.807) is 40.8 Å². The third kappa shape index (κ3) is 2.04. The molecule has 0 atom stereocenters. The molecule has 0 spiro atoms. The van der Waals surface area contributed by atoms with Gasteiger partial charge in [-0.25, -0.2) is 15.0 Å². The van der Waals surface area contributed by atoms with Gasteiger partial charge in [0.05, 0.1) is 20.4 Å². The van der Waals surface area contributed by atoms with Crippen LogP contribution in [-0.2, 0) is 0 Å². The number of nitrogens with zero attached hydrogens (tertiary/aromatic N) is 3. The minimum absolute atomic E-state index is 0.764. The van der Waals surface area contributed by atoms with Crippen LogP contribution >= 0.6 is 34.4 Å². The second-order valence-electron chi connectivity index (χ2n) is 4.12. The summed E-state index contributed by atoms with van der Waals surface area (Å²) in [6.07, 6.45) is 1.60. The van der Waals surface area contributed by atoms with Crippen LogP contribution in [-0.4, -0.2) is 15.0 Å². The molecule has 0 saturated carbocycles. The van der Waals surface area contributed by atoms with E-state index in [4.69, 9.17) is 5.73 Å². The van der Waals surface area contributed by atoms with Crippen molar-refractivity contribution in [2.75, 3.05) is 5.73 Å². The molecule has 98 valence electrons. The van der Waals surface area contributed by atoms with Crippen molar-refractivity contribution < 1.29 is 0 Å². The Balaban J connectivity index is 1.78. The minimum Gasteiger partial charge on any atom is -0.399 e. The lowest BCUT2D eigenvalue weighted by atomic mass is 10.3. The molecule has 0 aliphatic rings. The SMILES string of the molecule is Nc1ccc2nc(Sc3ncnc4ccsc34)sc2c1. The van der Waals surface area contributed by atoms with Crippen LogP contribution in [0, 0.1) is 0 Å². The molecule has 1 aromatic carbocycles. The summed E-state index contributed by atoms with van der Waals surface area (Å²) in [5.41, 5.74) is 8.52. The number of nitrogens with two attached hydrogens (primary N) is 1. The number of nitrogen functional groups attached to an aromatic ring is 1. The molecule has 2 N–H and O–H groups in total. The predicted molar refractivity (Wildman–Crippen MR) is 85.6 cm³/mol. The van der Waals surface area contributed by atoms with Crippen molar-refractivity contribution >= 4 is 60.6 Å². The van der Waals surface area contributed by atoms with Crippen molar-refractivity contribution in [1.29, 1.82) is 0 Å². The third-order valence-electron chi connectivity index (χ3n) is 2.79. The number of hydrogen-bond donors (Lipinski definition) is 1. The molecule has 7 heteroatoms. The molecule has 4 nitrogen and oxygen atoms in total. The summed E-state index contributed by atoms with van der Waals surface area (Å²) in [4.78, 5) is 13.2. The van der Waals surface area contributed by atoms with E-state index in [9.17, 15) is 0 Å². The zero-order valence-corrected chi connectivity index (χ0v) is 12.6. The zero-order chi connectivity index (χ0) is 13.5. The lowest BCUT2D eigenvalue weighted by Gasteiger charge is -1.97. The van der Waals surface area contributed by atoms with Gasteiger partial charge in [-0.3, -0.25) is 0 Å². The fraction of sp³-hybridized carbons (Fsp3) is 0. The highest BCUT2D eigenvalue weighted by atomic mass is 32.2. The third-order valence-corrected chi connectivity index (χ3v) is 5.91. The Morgan fingerprint density at radius 2 is 2.05 bits per heavy atom. The molecule has 3 aromatic heterocycles. The lowest BCUT2D eigenvalue weighted by molar-refractivity contribution is 1.11. The summed E-state index contributed by atoms with van der Waals surface area (Å²) in [6, 6.07) is 7.78. The monoisotopic (exact) mass is 316 g/mol. The van der Waals surface area contributed by atoms with Crippen LogP contribution in [0.3, 0.4) is 0 Å². The van der Waals surface area contributed by atoms with E-state index in [0.29, 0.717) is 0 Å². The van der Waals surface area contributed by atoms with Crippen molar-refractivity contribution in [1.82, 2.24) is 15.0 Å². The molecule has 0 amide bonds. The van der Waals surface area contributed by atoms with E-state index in [1.807, 2.05) is 29.6 Å². The highest BCUT2D eigenvalue weighted by molar-refractivity contribution is 8.01. The van der Waals surface area contributed by atoms with E-state index in [0.717, 1.165) is 35.5 Å². The molecule has 0 aliphatic carbocycles. The minimum atomic E-state index is 0.764. The second kappa shape index (κ2) is 4.69. The first-order valence-corrected chi connectivity index (χ1v) is 8.33. The number of hydrogen-bond acceptors (Lipinski definition) is 7. The molecule has 0 bridgehead atoms. The number of thiazole rings is 1. The van der Waals surface area contributed by atoms with Crippen LogP contribution in [0.4, 0.5) is 5.69 Å². The number of thiophene rings is 1. The highest BCUT2D eigenvalue weighted by Gasteiger charge is 2.10. The van der Waals surface area contributed by atoms with Crippen molar-refractivity contribution in [2.45, 2.75) is 9.37 Å². The van der Waals surface area contributed by atoms with E-state index in [2.05, 4.69) is 15.0 Å². The number of fused-ring (bicyclic) bond motifs is 2. The van der Waals surface area contributed by atoms with Gasteiger partial charge in [-0.2, -0.15) is 0 Å². The van der Waals surface area contributed by atoms with Crippen LogP contribution in [0.25, 0.3) is 20.4 Å². The van der Waals surface area contributed by atoms with Gasteiger partial charge in [0.1, 0.15) is 11.4 Å². The maximum atomic E-state index is 5.80. The van der Waals surface area contributed by atoms with Gasteiger partial charge in [0.25, 0.3) is 0 Å². The molecule has 0 saturated heterocycles. The Labute approximate surface area is 126 Å². The van der Waals surface area contributed by atoms with Gasteiger partial charge < -0.3 is 5.73 Å². The van der Waals surface area contributed by atoms with E-state index < -0.39 is 0 Å². The predicted octanol–water partition coefficient (Wildman–Crippen LogP) is 4.03. The molecule has 0 unspecified atom stereocenters. The van der Waals surface area contributed by atoms with Crippen LogP contribution < -0.4 is 5.73 Å². The number of benzene rings is 1. The van der Waals surface area contributed by atoms with E-state index in [1.165, 1.54) is 0 Å². The smallest absolute Gasteiger partial charge is 0.157 e. The Hall–Kier alpha value is -1.70. The Bertz CT molecular complexity index is 912. The van der Waals surface area contributed by atoms with Gasteiger partial charge in [-0.15, -0.1) is 22.7 Å². The quantitative estimate of drug-likeness (QED) is 0.447. The number of aromatic nitrogens is 3. The summed E-state index contributed by atoms with van der Waals surface area (Å²) >= 11 is 4.87. The van der Waals surface area contributed by atoms with Gasteiger partial charge >= 0.3 is 0 Å². The summed E-state index contributed by atoms with van der Waals surface area (Å²) in [6.45, 7) is 0. The summed E-state index contributed by atoms with van der Waals surface area (Å²) < 4.78 is 3.18. The second-order valence-corrected chi connectivity index (χ2v) is 7.31. The Kier molecular flexibility index (Phi) is 2.83. The molecule has 0 radical (unpaired) electrons. The highest BCUT2D eigenvalue weighted by Crippen LogP contribution is 2.37. The standard InChI is InChI=1S/C13H8N4S3/c14-7-1-2-8-10(5-7)19-13(17-8)20-12-11-9(3-4-18-11)15-6-16-12/h1-6H,14H2. The normalized spacial score (nSPS) is 11.4. The zero-order valence-electron chi connectivity index (χ0n) is 10.1. The van der Waals surface area contributed by atoms with E-state index in [-0.39, 0.29) is 0 Å². The first-order valence-electron chi connectivity index (χ1n) is 5.82. The molecular formula is C13H8N4S3. The molecule has 3 heterocycles. The molecular weight excluding hydrogens is 308 g/mol. The summed E-state index contributed by atoms with van der Waals surface area (Å²) in [7, 11) is 0. The van der Waals surface area contributed by atoms with Crippen molar-refractivity contribution in [2.24, 2.45) is 0 Å². The fourth-order valence-corrected chi connectivity index (χ4v) is 4.91. The average Bonchev–Trinajstić information content (AvgIpc) is 3.04. The van der Waals surface area contributed by atoms with Crippen molar-refractivity contribution in [3.05, 3.63) is 36.0 Å². The topological polar surface area (TPSA) is 64.7 Å². The fourth-order valence-electron chi connectivity index (χ4n) is 1.89. The maximum absolute atomic E-state index is 5.80. The first kappa shape index (κ1) is 12.1. The van der Waals surface area contributed by atoms with Crippen LogP contribution in [0.1, 0.15) is 0 Å². The Morgan fingerprint density at radius 1 is 1.10 bits per heavy atom. The van der Waals surface area contributed by atoms with Crippen molar-refractivity contribution in [3.8, 4) is 0 Å². The van der Waals surface area contributed by atoms with Gasteiger partial charge in [-0.1, -0.05) is 0 Å². The van der Waals surface area contributed by atoms with E-state index >= 15 is 0 Å². The summed E-state index contributed by atoms with van der Waals surface area (Å²) in [5, 5.41) is 2.99. The number of rotatable bonds is 2. The average molecular weight is 316 g/mol. The van der Waals surface area contributed by atoms with Gasteiger partial charge in [0.15, 0.2) is 4.34 Å². The van der Waals surface area contributed by atoms with Gasteiger partial charge in [0, 0.05) is 5.69 Å². The Morgan fingerprint density at radius 3 is 3.00 bits per heavy atom. The first-order chi connectivity index (χ1) is 9.79. The summed E-state index contributed by atoms with van der Waals surface area (Å²) in [5.74, 6) is 0. The van der Waals surface area contributed by atoms with Gasteiger partial charge in [-0.05, 0) is 41.4 Å². The van der Waals surface area contributed by atoms with Gasteiger partial charge in [0.2, 0.25) is 0 Å². The molecule has 0 aliphatic heterocycles. The maximum Gasteiger partial charge on any atom is 0.157 e. The van der Waals surface area contributed by atoms with Crippen molar-refractivity contribution in [3.63, 3.8) is 0 Å².